The third-order valence-electron chi connectivity index (χ3n) is 3.28. The Morgan fingerprint density at radius 1 is 1.05 bits per heavy atom. The van der Waals surface area contributed by atoms with Crippen molar-refractivity contribution in [2.75, 3.05) is 5.32 Å². The van der Waals surface area contributed by atoms with Crippen molar-refractivity contribution in [3.05, 3.63) is 70.5 Å². The van der Waals surface area contributed by atoms with Gasteiger partial charge in [-0.2, -0.15) is 0 Å². The summed E-state index contributed by atoms with van der Waals surface area (Å²) in [6.07, 6.45) is 2.04. The van der Waals surface area contributed by atoms with Crippen LogP contribution in [0.15, 0.2) is 59.2 Å². The van der Waals surface area contributed by atoms with E-state index in [2.05, 4.69) is 55.9 Å². The molecule has 0 spiro atoms. The van der Waals surface area contributed by atoms with Crippen molar-refractivity contribution in [2.24, 2.45) is 0 Å². The molecule has 0 saturated carbocycles. The van der Waals surface area contributed by atoms with Crippen molar-refractivity contribution in [1.82, 2.24) is 9.55 Å². The molecule has 0 radical (unpaired) electrons. The maximum atomic E-state index is 4.57. The van der Waals surface area contributed by atoms with Gasteiger partial charge in [0.25, 0.3) is 0 Å². The predicted molar refractivity (Wildman–Crippen MR) is 90.5 cm³/mol. The van der Waals surface area contributed by atoms with E-state index < -0.39 is 0 Å². The molecule has 0 saturated heterocycles. The standard InChI is InChI=1S/C17H16BrN3/c1-12-10-15(8-9-16(12)18)21-11-13(2)19-17(21)20-14-6-4-3-5-7-14/h3-11H,1-2H3,(H,19,20). The zero-order chi connectivity index (χ0) is 14.8. The van der Waals surface area contributed by atoms with Crippen LogP contribution in [-0.4, -0.2) is 9.55 Å². The highest BCUT2D eigenvalue weighted by atomic mass is 79.9. The molecule has 0 atom stereocenters. The van der Waals surface area contributed by atoms with Gasteiger partial charge in [-0.3, -0.25) is 4.57 Å². The highest BCUT2D eigenvalue weighted by Crippen LogP contribution is 2.24. The molecule has 4 heteroatoms. The van der Waals surface area contributed by atoms with Crippen LogP contribution in [0.5, 0.6) is 0 Å². The summed E-state index contributed by atoms with van der Waals surface area (Å²) in [7, 11) is 0. The maximum absolute atomic E-state index is 4.57. The van der Waals surface area contributed by atoms with Gasteiger partial charge in [0.2, 0.25) is 5.95 Å². The number of anilines is 2. The summed E-state index contributed by atoms with van der Waals surface area (Å²) in [6.45, 7) is 4.08. The summed E-state index contributed by atoms with van der Waals surface area (Å²) < 4.78 is 3.18. The number of benzene rings is 2. The van der Waals surface area contributed by atoms with Crippen LogP contribution in [0.3, 0.4) is 0 Å². The lowest BCUT2D eigenvalue weighted by Crippen LogP contribution is -2.01. The zero-order valence-electron chi connectivity index (χ0n) is 12.0. The molecular weight excluding hydrogens is 326 g/mol. The third kappa shape index (κ3) is 3.00. The van der Waals surface area contributed by atoms with Crippen LogP contribution in [0.4, 0.5) is 11.6 Å². The fraction of sp³-hybridized carbons (Fsp3) is 0.118. The summed E-state index contributed by atoms with van der Waals surface area (Å²) in [5, 5.41) is 3.37. The average Bonchev–Trinajstić information content (AvgIpc) is 2.84. The number of nitrogens with zero attached hydrogens (tertiary/aromatic N) is 2. The maximum Gasteiger partial charge on any atom is 0.212 e. The van der Waals surface area contributed by atoms with Gasteiger partial charge < -0.3 is 5.32 Å². The van der Waals surface area contributed by atoms with E-state index in [-0.39, 0.29) is 0 Å². The Morgan fingerprint density at radius 2 is 1.81 bits per heavy atom. The Bertz CT molecular complexity index is 763. The summed E-state index contributed by atoms with van der Waals surface area (Å²) in [5.74, 6) is 0.820. The Balaban J connectivity index is 2.01. The molecule has 0 amide bonds. The molecule has 0 bridgehead atoms. The predicted octanol–water partition coefficient (Wildman–Crippen LogP) is 5.00. The smallest absolute Gasteiger partial charge is 0.212 e. The molecule has 0 unspecified atom stereocenters. The highest BCUT2D eigenvalue weighted by molar-refractivity contribution is 9.10. The molecule has 2 aromatic carbocycles. The molecular formula is C17H16BrN3. The largest absolute Gasteiger partial charge is 0.325 e. The first-order valence-corrected chi connectivity index (χ1v) is 7.57. The molecule has 106 valence electrons. The molecule has 1 N–H and O–H groups in total. The van der Waals surface area contributed by atoms with Crippen molar-refractivity contribution in [1.29, 1.82) is 0 Å². The van der Waals surface area contributed by atoms with Crippen molar-refractivity contribution >= 4 is 27.6 Å². The van der Waals surface area contributed by atoms with Crippen LogP contribution >= 0.6 is 15.9 Å². The topological polar surface area (TPSA) is 29.9 Å². The SMILES string of the molecule is Cc1cn(-c2ccc(Br)c(C)c2)c(Nc2ccccc2)n1. The van der Waals surface area contributed by atoms with Gasteiger partial charge in [-0.05, 0) is 49.7 Å². The summed E-state index contributed by atoms with van der Waals surface area (Å²) in [5.41, 5.74) is 4.30. The Hall–Kier alpha value is -2.07. The van der Waals surface area contributed by atoms with E-state index in [0.29, 0.717) is 0 Å². The van der Waals surface area contributed by atoms with E-state index in [0.717, 1.165) is 27.5 Å². The van der Waals surface area contributed by atoms with Gasteiger partial charge in [-0.15, -0.1) is 0 Å². The molecule has 3 nitrogen and oxygen atoms in total. The first kappa shape index (κ1) is 13.9. The van der Waals surface area contributed by atoms with Crippen molar-refractivity contribution in [3.63, 3.8) is 0 Å². The number of imidazole rings is 1. The lowest BCUT2D eigenvalue weighted by atomic mass is 10.2. The fourth-order valence-corrected chi connectivity index (χ4v) is 2.46. The molecule has 3 aromatic rings. The van der Waals surface area contributed by atoms with E-state index in [9.17, 15) is 0 Å². The quantitative estimate of drug-likeness (QED) is 0.726. The summed E-state index contributed by atoms with van der Waals surface area (Å²) in [4.78, 5) is 4.57. The van der Waals surface area contributed by atoms with Crippen molar-refractivity contribution < 1.29 is 0 Å². The molecule has 0 aliphatic heterocycles. The number of hydrogen-bond donors (Lipinski definition) is 1. The Morgan fingerprint density at radius 3 is 2.52 bits per heavy atom. The molecule has 21 heavy (non-hydrogen) atoms. The Kier molecular flexibility index (Phi) is 3.80. The summed E-state index contributed by atoms with van der Waals surface area (Å²) in [6, 6.07) is 16.4. The summed E-state index contributed by atoms with van der Waals surface area (Å²) >= 11 is 3.54. The lowest BCUT2D eigenvalue weighted by Gasteiger charge is -2.11. The fourth-order valence-electron chi connectivity index (χ4n) is 2.21. The van der Waals surface area contributed by atoms with Gasteiger partial charge in [-0.1, -0.05) is 34.1 Å². The molecule has 3 rings (SSSR count). The molecule has 0 fully saturated rings. The number of halogens is 1. The number of aromatic nitrogens is 2. The minimum atomic E-state index is 0.820. The molecule has 1 aromatic heterocycles. The first-order valence-electron chi connectivity index (χ1n) is 6.78. The van der Waals surface area contributed by atoms with Crippen LogP contribution < -0.4 is 5.32 Å². The first-order chi connectivity index (χ1) is 10.1. The van der Waals surface area contributed by atoms with E-state index in [1.54, 1.807) is 0 Å². The van der Waals surface area contributed by atoms with Crippen LogP contribution in [0.25, 0.3) is 5.69 Å². The van der Waals surface area contributed by atoms with E-state index >= 15 is 0 Å². The number of para-hydroxylation sites is 1. The van der Waals surface area contributed by atoms with Gasteiger partial charge >= 0.3 is 0 Å². The Labute approximate surface area is 132 Å². The zero-order valence-corrected chi connectivity index (χ0v) is 13.6. The van der Waals surface area contributed by atoms with E-state index in [1.165, 1.54) is 5.56 Å². The van der Waals surface area contributed by atoms with Crippen molar-refractivity contribution in [3.8, 4) is 5.69 Å². The number of rotatable bonds is 3. The average molecular weight is 342 g/mol. The van der Waals surface area contributed by atoms with Crippen LogP contribution in [0.2, 0.25) is 0 Å². The highest BCUT2D eigenvalue weighted by Gasteiger charge is 2.08. The van der Waals surface area contributed by atoms with Crippen molar-refractivity contribution in [2.45, 2.75) is 13.8 Å². The monoisotopic (exact) mass is 341 g/mol. The minimum absolute atomic E-state index is 0.820. The number of hydrogen-bond acceptors (Lipinski definition) is 2. The minimum Gasteiger partial charge on any atom is -0.325 e. The van der Waals surface area contributed by atoms with Crippen LogP contribution in [0.1, 0.15) is 11.3 Å². The third-order valence-corrected chi connectivity index (χ3v) is 4.17. The van der Waals surface area contributed by atoms with Gasteiger partial charge in [0.05, 0.1) is 5.69 Å². The molecule has 0 aliphatic carbocycles. The number of aryl methyl sites for hydroxylation is 2. The molecule has 0 aliphatic rings. The van der Waals surface area contributed by atoms with E-state index in [1.807, 2.05) is 43.5 Å². The van der Waals surface area contributed by atoms with Gasteiger partial charge in [-0.25, -0.2) is 4.98 Å². The van der Waals surface area contributed by atoms with Gasteiger partial charge in [0.1, 0.15) is 0 Å². The van der Waals surface area contributed by atoms with Crippen LogP contribution in [0, 0.1) is 13.8 Å². The van der Waals surface area contributed by atoms with Crippen LogP contribution in [-0.2, 0) is 0 Å². The van der Waals surface area contributed by atoms with E-state index in [4.69, 9.17) is 0 Å². The second-order valence-corrected chi connectivity index (χ2v) is 5.85. The molecule has 1 heterocycles. The lowest BCUT2D eigenvalue weighted by molar-refractivity contribution is 1.06. The van der Waals surface area contributed by atoms with Gasteiger partial charge in [0, 0.05) is 22.0 Å². The second-order valence-electron chi connectivity index (χ2n) is 5.00. The second kappa shape index (κ2) is 5.74. The normalized spacial score (nSPS) is 10.6. The number of nitrogens with one attached hydrogen (secondary N) is 1. The van der Waals surface area contributed by atoms with Gasteiger partial charge in [0.15, 0.2) is 0 Å².